The molecule has 0 radical (unpaired) electrons. The molecule has 0 aliphatic carbocycles. The van der Waals surface area contributed by atoms with E-state index in [-0.39, 0.29) is 6.04 Å². The summed E-state index contributed by atoms with van der Waals surface area (Å²) < 4.78 is 10.9. The summed E-state index contributed by atoms with van der Waals surface area (Å²) in [4.78, 5) is 0. The van der Waals surface area contributed by atoms with Crippen LogP contribution in [0.1, 0.15) is 20.8 Å². The minimum absolute atomic E-state index is 0.199. The molecule has 0 saturated carbocycles. The summed E-state index contributed by atoms with van der Waals surface area (Å²) in [7, 11) is -1.42. The summed E-state index contributed by atoms with van der Waals surface area (Å²) >= 11 is 0. The Labute approximate surface area is 70.7 Å². The van der Waals surface area contributed by atoms with Crippen molar-refractivity contribution in [1.29, 1.82) is 0 Å². The Morgan fingerprint density at radius 3 is 2.00 bits per heavy atom. The Balaban J connectivity index is 3.50. The third kappa shape index (κ3) is 6.49. The molecule has 68 valence electrons. The van der Waals surface area contributed by atoms with Gasteiger partial charge in [-0.1, -0.05) is 6.92 Å². The number of rotatable bonds is 6. The van der Waals surface area contributed by atoms with E-state index in [1.54, 1.807) is 0 Å². The van der Waals surface area contributed by atoms with E-state index in [1.807, 2.05) is 20.8 Å². The van der Waals surface area contributed by atoms with Crippen LogP contribution >= 0.6 is 0 Å². The summed E-state index contributed by atoms with van der Waals surface area (Å²) in [6.07, 6.45) is 0. The van der Waals surface area contributed by atoms with Crippen LogP contribution < -0.4 is 5.73 Å². The Morgan fingerprint density at radius 2 is 1.73 bits per heavy atom. The lowest BCUT2D eigenvalue weighted by Gasteiger charge is -2.16. The highest BCUT2D eigenvalue weighted by molar-refractivity contribution is 6.44. The van der Waals surface area contributed by atoms with Crippen LogP contribution in [0.2, 0.25) is 6.04 Å². The lowest BCUT2D eigenvalue weighted by atomic mass is 10.4. The monoisotopic (exact) mass is 177 g/mol. The molecule has 1 unspecified atom stereocenters. The second kappa shape index (κ2) is 6.79. The second-order valence-corrected chi connectivity index (χ2v) is 4.55. The van der Waals surface area contributed by atoms with Crippen LogP contribution in [-0.4, -0.2) is 28.5 Å². The van der Waals surface area contributed by atoms with Gasteiger partial charge in [0.1, 0.15) is 0 Å². The van der Waals surface area contributed by atoms with Gasteiger partial charge in [-0.25, -0.2) is 0 Å². The molecule has 0 aliphatic heterocycles. The maximum Gasteiger partial charge on any atom is 0.322 e. The molecule has 3 nitrogen and oxygen atoms in total. The zero-order valence-electron chi connectivity index (χ0n) is 7.67. The average Bonchev–Trinajstić information content (AvgIpc) is 1.87. The summed E-state index contributed by atoms with van der Waals surface area (Å²) in [6, 6.07) is 1.10. The largest absolute Gasteiger partial charge is 0.397 e. The summed E-state index contributed by atoms with van der Waals surface area (Å²) in [5.74, 6) is 0. The van der Waals surface area contributed by atoms with Gasteiger partial charge in [0.05, 0.1) is 0 Å². The molecule has 0 saturated heterocycles. The van der Waals surface area contributed by atoms with Crippen LogP contribution in [0.5, 0.6) is 0 Å². The average molecular weight is 177 g/mol. The van der Waals surface area contributed by atoms with E-state index >= 15 is 0 Å². The minimum Gasteiger partial charge on any atom is -0.397 e. The van der Waals surface area contributed by atoms with Crippen molar-refractivity contribution in [3.05, 3.63) is 0 Å². The first-order chi connectivity index (χ1) is 5.20. The third-order valence-corrected chi connectivity index (χ3v) is 3.81. The highest BCUT2D eigenvalue weighted by atomic mass is 28.3. The standard InChI is InChI=1S/C7H19NO2Si/c1-4-9-11(10-5-2)6-7(3)8/h7,11H,4-6,8H2,1-3H3. The maximum atomic E-state index is 5.63. The van der Waals surface area contributed by atoms with Crippen molar-refractivity contribution in [2.75, 3.05) is 13.2 Å². The summed E-state index contributed by atoms with van der Waals surface area (Å²) in [5, 5.41) is 0. The number of hydrogen-bond acceptors (Lipinski definition) is 3. The van der Waals surface area contributed by atoms with Gasteiger partial charge < -0.3 is 14.6 Å². The van der Waals surface area contributed by atoms with E-state index in [0.717, 1.165) is 19.3 Å². The summed E-state index contributed by atoms with van der Waals surface area (Å²) in [5.41, 5.74) is 5.63. The van der Waals surface area contributed by atoms with E-state index in [1.165, 1.54) is 0 Å². The van der Waals surface area contributed by atoms with E-state index in [2.05, 4.69) is 0 Å². The molecule has 0 aliphatic rings. The van der Waals surface area contributed by atoms with Gasteiger partial charge in [-0.2, -0.15) is 0 Å². The first kappa shape index (κ1) is 11.1. The van der Waals surface area contributed by atoms with E-state index in [0.29, 0.717) is 0 Å². The van der Waals surface area contributed by atoms with E-state index in [9.17, 15) is 0 Å². The molecule has 0 rings (SSSR count). The molecule has 0 aromatic heterocycles. The molecule has 0 heterocycles. The van der Waals surface area contributed by atoms with Crippen molar-refractivity contribution < 1.29 is 8.85 Å². The normalized spacial score (nSPS) is 13.9. The Kier molecular flexibility index (Phi) is 6.85. The van der Waals surface area contributed by atoms with Gasteiger partial charge in [-0.3, -0.25) is 0 Å². The van der Waals surface area contributed by atoms with Crippen LogP contribution in [-0.2, 0) is 8.85 Å². The van der Waals surface area contributed by atoms with Gasteiger partial charge in [0.15, 0.2) is 0 Å². The topological polar surface area (TPSA) is 44.5 Å². The zero-order chi connectivity index (χ0) is 8.69. The molecule has 0 amide bonds. The first-order valence-electron chi connectivity index (χ1n) is 4.19. The van der Waals surface area contributed by atoms with Gasteiger partial charge in [-0.15, -0.1) is 0 Å². The van der Waals surface area contributed by atoms with Gasteiger partial charge in [0.25, 0.3) is 0 Å². The first-order valence-corrected chi connectivity index (χ1v) is 5.95. The number of hydrogen-bond donors (Lipinski definition) is 1. The highest BCUT2D eigenvalue weighted by Crippen LogP contribution is 1.99. The SMILES string of the molecule is CCO[SiH](CC(C)N)OCC. The molecule has 2 N–H and O–H groups in total. The molecule has 0 aromatic carbocycles. The van der Waals surface area contributed by atoms with Gasteiger partial charge in [0, 0.05) is 25.3 Å². The molecular weight excluding hydrogens is 158 g/mol. The Bertz CT molecular complexity index is 84.5. The molecule has 4 heteroatoms. The molecule has 1 atom stereocenters. The van der Waals surface area contributed by atoms with Crippen LogP contribution in [0.3, 0.4) is 0 Å². The molecule has 0 fully saturated rings. The van der Waals surface area contributed by atoms with Crippen molar-refractivity contribution >= 4 is 9.28 Å². The molecule has 11 heavy (non-hydrogen) atoms. The van der Waals surface area contributed by atoms with Crippen molar-refractivity contribution in [2.24, 2.45) is 5.73 Å². The summed E-state index contributed by atoms with van der Waals surface area (Å²) in [6.45, 7) is 7.44. The Morgan fingerprint density at radius 1 is 1.27 bits per heavy atom. The highest BCUT2D eigenvalue weighted by Gasteiger charge is 2.13. The lowest BCUT2D eigenvalue weighted by Crippen LogP contribution is -2.30. The van der Waals surface area contributed by atoms with Crippen molar-refractivity contribution in [1.82, 2.24) is 0 Å². The van der Waals surface area contributed by atoms with Gasteiger partial charge in [-0.05, 0) is 13.8 Å². The molecule has 0 bridgehead atoms. The predicted molar refractivity (Wildman–Crippen MR) is 48.9 cm³/mol. The Hall–Kier alpha value is 0.0969. The van der Waals surface area contributed by atoms with Crippen LogP contribution in [0.15, 0.2) is 0 Å². The second-order valence-electron chi connectivity index (χ2n) is 2.55. The fraction of sp³-hybridized carbons (Fsp3) is 1.00. The minimum atomic E-state index is -1.42. The van der Waals surface area contributed by atoms with Gasteiger partial charge in [0.2, 0.25) is 0 Å². The van der Waals surface area contributed by atoms with Crippen molar-refractivity contribution in [2.45, 2.75) is 32.9 Å². The maximum absolute atomic E-state index is 5.63. The van der Waals surface area contributed by atoms with Gasteiger partial charge >= 0.3 is 9.28 Å². The van der Waals surface area contributed by atoms with Crippen LogP contribution in [0, 0.1) is 0 Å². The van der Waals surface area contributed by atoms with Crippen molar-refractivity contribution in [3.63, 3.8) is 0 Å². The number of nitrogens with two attached hydrogens (primary N) is 1. The fourth-order valence-electron chi connectivity index (χ4n) is 0.860. The predicted octanol–water partition coefficient (Wildman–Crippen LogP) is 0.627. The van der Waals surface area contributed by atoms with E-state index in [4.69, 9.17) is 14.6 Å². The smallest absolute Gasteiger partial charge is 0.322 e. The van der Waals surface area contributed by atoms with Crippen LogP contribution in [0.4, 0.5) is 0 Å². The zero-order valence-corrected chi connectivity index (χ0v) is 8.82. The third-order valence-electron chi connectivity index (χ3n) is 1.27. The van der Waals surface area contributed by atoms with E-state index < -0.39 is 9.28 Å². The molecular formula is C7H19NO2Si. The molecule has 0 spiro atoms. The fourth-order valence-corrected chi connectivity index (χ4v) is 2.58. The molecule has 0 aromatic rings. The lowest BCUT2D eigenvalue weighted by molar-refractivity contribution is 0.212. The quantitative estimate of drug-likeness (QED) is 0.605. The van der Waals surface area contributed by atoms with Crippen molar-refractivity contribution in [3.8, 4) is 0 Å². The van der Waals surface area contributed by atoms with Crippen LogP contribution in [0.25, 0.3) is 0 Å².